The first-order valence-electron chi connectivity index (χ1n) is 8.85. The monoisotopic (exact) mass is 331 g/mol. The van der Waals surface area contributed by atoms with Gasteiger partial charge in [-0.25, -0.2) is 4.39 Å². The van der Waals surface area contributed by atoms with Crippen molar-refractivity contribution < 1.29 is 4.39 Å². The first kappa shape index (κ1) is 17.2. The largest absolute Gasteiger partial charge is 0.242 e. The van der Waals surface area contributed by atoms with Gasteiger partial charge in [-0.3, -0.25) is 0 Å². The number of rotatable bonds is 6. The molecule has 2 heteroatoms. The van der Waals surface area contributed by atoms with E-state index >= 15 is 4.39 Å². The molecule has 0 amide bonds. The van der Waals surface area contributed by atoms with E-state index in [1.54, 1.807) is 12.1 Å². The van der Waals surface area contributed by atoms with Crippen molar-refractivity contribution >= 4 is 10.8 Å². The molecule has 0 fully saturated rings. The van der Waals surface area contributed by atoms with Crippen molar-refractivity contribution in [2.45, 2.75) is 38.3 Å². The molecule has 1 nitrogen and oxygen atoms in total. The van der Waals surface area contributed by atoms with E-state index in [0.717, 1.165) is 41.2 Å². The summed E-state index contributed by atoms with van der Waals surface area (Å²) < 4.78 is 15.5. The fourth-order valence-electron chi connectivity index (χ4n) is 3.32. The molecule has 0 aliphatic rings. The van der Waals surface area contributed by atoms with E-state index in [4.69, 9.17) is 5.26 Å². The van der Waals surface area contributed by atoms with Crippen molar-refractivity contribution in [1.29, 1.82) is 5.26 Å². The number of unbranched alkanes of at least 4 members (excludes halogenated alkanes) is 1. The second-order valence-electron chi connectivity index (χ2n) is 6.49. The Labute approximate surface area is 148 Å². The number of hydrogen-bond donors (Lipinski definition) is 0. The summed E-state index contributed by atoms with van der Waals surface area (Å²) in [5.74, 6) is -0.186. The van der Waals surface area contributed by atoms with Gasteiger partial charge in [0, 0.05) is 5.92 Å². The second kappa shape index (κ2) is 7.94. The standard InChI is InChI=1S/C23H22FN/c1-2-3-8-22(19-11-9-17(16-25)10-12-19)23(24)21-14-13-18-6-4-5-7-20(18)15-21/h4-7,9-15,22-23H,2-3,8H2,1H3. The summed E-state index contributed by atoms with van der Waals surface area (Å²) in [6, 6.07) is 23.4. The van der Waals surface area contributed by atoms with Crippen molar-refractivity contribution in [3.8, 4) is 6.07 Å². The van der Waals surface area contributed by atoms with Gasteiger partial charge < -0.3 is 0 Å². The average Bonchev–Trinajstić information content (AvgIpc) is 2.68. The zero-order chi connectivity index (χ0) is 17.6. The fraction of sp³-hybridized carbons (Fsp3) is 0.261. The third kappa shape index (κ3) is 3.88. The average molecular weight is 331 g/mol. The molecule has 0 aromatic heterocycles. The molecule has 0 bridgehead atoms. The maximum atomic E-state index is 15.5. The number of alkyl halides is 1. The minimum atomic E-state index is -1.05. The molecule has 3 aromatic carbocycles. The van der Waals surface area contributed by atoms with Crippen LogP contribution in [0.15, 0.2) is 66.7 Å². The van der Waals surface area contributed by atoms with Gasteiger partial charge >= 0.3 is 0 Å². The number of halogens is 1. The van der Waals surface area contributed by atoms with Gasteiger partial charge in [0.25, 0.3) is 0 Å². The van der Waals surface area contributed by atoms with Crippen molar-refractivity contribution in [3.63, 3.8) is 0 Å². The van der Waals surface area contributed by atoms with Crippen LogP contribution < -0.4 is 0 Å². The van der Waals surface area contributed by atoms with Crippen molar-refractivity contribution in [3.05, 3.63) is 83.4 Å². The maximum absolute atomic E-state index is 15.5. The van der Waals surface area contributed by atoms with Crippen LogP contribution in [-0.2, 0) is 0 Å². The van der Waals surface area contributed by atoms with Gasteiger partial charge in [-0.1, -0.05) is 68.3 Å². The zero-order valence-electron chi connectivity index (χ0n) is 14.5. The lowest BCUT2D eigenvalue weighted by molar-refractivity contribution is 0.274. The first-order valence-corrected chi connectivity index (χ1v) is 8.85. The first-order chi connectivity index (χ1) is 12.2. The van der Waals surface area contributed by atoms with E-state index in [2.05, 4.69) is 13.0 Å². The summed E-state index contributed by atoms with van der Waals surface area (Å²) >= 11 is 0. The van der Waals surface area contributed by atoms with E-state index in [1.807, 2.05) is 54.6 Å². The van der Waals surface area contributed by atoms with E-state index in [1.165, 1.54) is 0 Å². The molecule has 0 spiro atoms. The van der Waals surface area contributed by atoms with Gasteiger partial charge in [-0.2, -0.15) is 5.26 Å². The Morgan fingerprint density at radius 2 is 1.60 bits per heavy atom. The Morgan fingerprint density at radius 1 is 0.920 bits per heavy atom. The molecule has 3 rings (SSSR count). The van der Waals surface area contributed by atoms with Gasteiger partial charge in [-0.05, 0) is 46.5 Å². The highest BCUT2D eigenvalue weighted by Gasteiger charge is 2.24. The third-order valence-corrected chi connectivity index (χ3v) is 4.78. The SMILES string of the molecule is CCCCC(c1ccc(C#N)cc1)C(F)c1ccc2ccccc2c1. The molecule has 0 radical (unpaired) electrons. The summed E-state index contributed by atoms with van der Waals surface area (Å²) in [7, 11) is 0. The lowest BCUT2D eigenvalue weighted by Gasteiger charge is -2.22. The normalized spacial score (nSPS) is 13.3. The molecule has 0 saturated carbocycles. The Kier molecular flexibility index (Phi) is 5.46. The predicted molar refractivity (Wildman–Crippen MR) is 101 cm³/mol. The van der Waals surface area contributed by atoms with E-state index in [0.29, 0.717) is 5.56 Å². The number of nitriles is 1. The molecule has 3 aromatic rings. The summed E-state index contributed by atoms with van der Waals surface area (Å²) in [6.45, 7) is 2.12. The van der Waals surface area contributed by atoms with Crippen LogP contribution in [-0.4, -0.2) is 0 Å². The Morgan fingerprint density at radius 3 is 2.28 bits per heavy atom. The molecule has 0 N–H and O–H groups in total. The maximum Gasteiger partial charge on any atom is 0.132 e. The van der Waals surface area contributed by atoms with Crippen molar-refractivity contribution in [1.82, 2.24) is 0 Å². The summed E-state index contributed by atoms with van der Waals surface area (Å²) in [5, 5.41) is 11.2. The molecule has 2 atom stereocenters. The van der Waals surface area contributed by atoms with Gasteiger partial charge in [0.05, 0.1) is 11.6 Å². The molecule has 0 heterocycles. The Balaban J connectivity index is 1.94. The smallest absolute Gasteiger partial charge is 0.132 e. The minimum Gasteiger partial charge on any atom is -0.242 e. The molecule has 0 saturated heterocycles. The number of nitrogens with zero attached hydrogens (tertiary/aromatic N) is 1. The van der Waals surface area contributed by atoms with Gasteiger partial charge in [-0.15, -0.1) is 0 Å². The molecule has 0 aliphatic heterocycles. The lowest BCUT2D eigenvalue weighted by atomic mass is 9.85. The number of benzene rings is 3. The summed E-state index contributed by atoms with van der Waals surface area (Å²) in [4.78, 5) is 0. The van der Waals surface area contributed by atoms with Crippen molar-refractivity contribution in [2.24, 2.45) is 0 Å². The van der Waals surface area contributed by atoms with Crippen LogP contribution in [0, 0.1) is 11.3 Å². The Hall–Kier alpha value is -2.66. The molecule has 25 heavy (non-hydrogen) atoms. The van der Waals surface area contributed by atoms with Crippen LogP contribution in [0.25, 0.3) is 10.8 Å². The van der Waals surface area contributed by atoms with Crippen molar-refractivity contribution in [2.75, 3.05) is 0 Å². The van der Waals surface area contributed by atoms with Crippen LogP contribution in [0.3, 0.4) is 0 Å². The highest BCUT2D eigenvalue weighted by Crippen LogP contribution is 2.39. The predicted octanol–water partition coefficient (Wildman–Crippen LogP) is 6.70. The fourth-order valence-corrected chi connectivity index (χ4v) is 3.32. The minimum absolute atomic E-state index is 0.186. The van der Waals surface area contributed by atoms with E-state index in [-0.39, 0.29) is 5.92 Å². The summed E-state index contributed by atoms with van der Waals surface area (Å²) in [5.41, 5.74) is 2.30. The molecular weight excluding hydrogens is 309 g/mol. The van der Waals surface area contributed by atoms with Crippen LogP contribution in [0.4, 0.5) is 4.39 Å². The van der Waals surface area contributed by atoms with Gasteiger partial charge in [0.1, 0.15) is 6.17 Å². The van der Waals surface area contributed by atoms with Crippen LogP contribution >= 0.6 is 0 Å². The molecular formula is C23H22FN. The molecule has 2 unspecified atom stereocenters. The highest BCUT2D eigenvalue weighted by atomic mass is 19.1. The molecule has 126 valence electrons. The Bertz CT molecular complexity index is 876. The quantitative estimate of drug-likeness (QED) is 0.493. The van der Waals surface area contributed by atoms with Crippen LogP contribution in [0.5, 0.6) is 0 Å². The second-order valence-corrected chi connectivity index (χ2v) is 6.49. The zero-order valence-corrected chi connectivity index (χ0v) is 14.5. The highest BCUT2D eigenvalue weighted by molar-refractivity contribution is 5.83. The van der Waals surface area contributed by atoms with Crippen LogP contribution in [0.1, 0.15) is 55.0 Å². The van der Waals surface area contributed by atoms with E-state index in [9.17, 15) is 0 Å². The topological polar surface area (TPSA) is 23.8 Å². The van der Waals surface area contributed by atoms with Gasteiger partial charge in [0.15, 0.2) is 0 Å². The van der Waals surface area contributed by atoms with Crippen LogP contribution in [0.2, 0.25) is 0 Å². The third-order valence-electron chi connectivity index (χ3n) is 4.78. The molecule has 0 aliphatic carbocycles. The summed E-state index contributed by atoms with van der Waals surface area (Å²) in [6.07, 6.45) is 1.77. The van der Waals surface area contributed by atoms with Gasteiger partial charge in [0.2, 0.25) is 0 Å². The number of hydrogen-bond acceptors (Lipinski definition) is 1. The number of fused-ring (bicyclic) bond motifs is 1. The van der Waals surface area contributed by atoms with E-state index < -0.39 is 6.17 Å². The lowest BCUT2D eigenvalue weighted by Crippen LogP contribution is -2.08.